The number of alkyl halides is 1. The maximum atomic E-state index is 14.3. The Morgan fingerprint density at radius 1 is 0.606 bits per heavy atom. The summed E-state index contributed by atoms with van der Waals surface area (Å²) in [5, 5.41) is 9.47. The summed E-state index contributed by atoms with van der Waals surface area (Å²) in [5.41, 5.74) is 7.49. The molecule has 3 spiro atoms. The summed E-state index contributed by atoms with van der Waals surface area (Å²) >= 11 is 0. The second-order valence-electron chi connectivity index (χ2n) is 29.2. The van der Waals surface area contributed by atoms with Crippen molar-refractivity contribution in [3.05, 3.63) is 131 Å². The molecule has 10 heterocycles. The van der Waals surface area contributed by atoms with Crippen LogP contribution in [0, 0.1) is 17.5 Å². The van der Waals surface area contributed by atoms with Gasteiger partial charge in [-0.05, 0) is 195 Å². The lowest BCUT2D eigenvalue weighted by Gasteiger charge is -2.45. The highest BCUT2D eigenvalue weighted by molar-refractivity contribution is 5.95. The molecule has 0 unspecified atom stereocenters. The molecule has 1 aromatic heterocycles. The number of fused-ring (bicyclic) bond motifs is 6. The molecule has 0 saturated carbocycles. The highest BCUT2D eigenvalue weighted by Gasteiger charge is 2.50. The number of hydrogen-bond donors (Lipinski definition) is 1. The molecule has 6 fully saturated rings. The van der Waals surface area contributed by atoms with Gasteiger partial charge in [0.1, 0.15) is 36.6 Å². The second kappa shape index (κ2) is 31.2. The fraction of sp³-hybridized carbons (Fsp3) is 0.579. The molecule has 5 aromatic rings. The van der Waals surface area contributed by atoms with Gasteiger partial charge in [0.25, 0.3) is 0 Å². The van der Waals surface area contributed by atoms with Crippen LogP contribution in [0.1, 0.15) is 114 Å². The maximum Gasteiger partial charge on any atom is 0.409 e. The number of ether oxygens (including phenoxy) is 2. The molecule has 0 radical (unpaired) electrons. The lowest BCUT2D eigenvalue weighted by molar-refractivity contribution is -0.134. The molecular weight excluding hydrogens is 1270 g/mol. The number of carbonyl (C=O) groups excluding carboxylic acids is 4. The monoisotopic (exact) mass is 1370 g/mol. The van der Waals surface area contributed by atoms with Crippen molar-refractivity contribution < 1.29 is 51.3 Å². The van der Waals surface area contributed by atoms with Crippen LogP contribution >= 0.6 is 0 Å². The molecule has 23 heteroatoms. The number of para-hydroxylation sites is 1. The summed E-state index contributed by atoms with van der Waals surface area (Å²) in [4.78, 5) is 79.6. The number of carbonyl (C=O) groups is 4. The Kier molecular flexibility index (Phi) is 22.5. The molecule has 99 heavy (non-hydrogen) atoms. The lowest BCUT2D eigenvalue weighted by atomic mass is 9.74. The number of urea groups is 1. The van der Waals surface area contributed by atoms with Gasteiger partial charge in [-0.3, -0.25) is 19.5 Å². The number of likely N-dealkylation sites (tertiary alicyclic amines) is 5. The maximum absolute atomic E-state index is 14.3. The Bertz CT molecular complexity index is 3610. The van der Waals surface area contributed by atoms with E-state index in [1.54, 1.807) is 98.5 Å². The van der Waals surface area contributed by atoms with Gasteiger partial charge in [-0.1, -0.05) is 30.3 Å². The van der Waals surface area contributed by atoms with E-state index in [1.165, 1.54) is 17.7 Å². The third kappa shape index (κ3) is 15.6. The number of amides is 5. The van der Waals surface area contributed by atoms with Crippen LogP contribution in [0.5, 0.6) is 0 Å². The first-order valence-electron chi connectivity index (χ1n) is 36.0. The van der Waals surface area contributed by atoms with Crippen LogP contribution in [-0.2, 0) is 35.3 Å². The molecule has 5 amide bonds. The van der Waals surface area contributed by atoms with Gasteiger partial charge in [0.15, 0.2) is 0 Å². The molecule has 14 rings (SSSR count). The summed E-state index contributed by atoms with van der Waals surface area (Å²) in [5.74, 6) is 0.295. The van der Waals surface area contributed by atoms with Gasteiger partial charge in [0.2, 0.25) is 11.8 Å². The average Bonchev–Trinajstić information content (AvgIpc) is 1.61. The Morgan fingerprint density at radius 3 is 1.67 bits per heavy atom. The van der Waals surface area contributed by atoms with Gasteiger partial charge in [0.05, 0.1) is 37.2 Å². The van der Waals surface area contributed by atoms with Crippen molar-refractivity contribution in [2.45, 2.75) is 138 Å². The zero-order valence-corrected chi connectivity index (χ0v) is 58.4. The minimum Gasteiger partial charge on any atom is -0.447 e. The normalized spacial score (nSPS) is 21.2. The third-order valence-electron chi connectivity index (χ3n) is 23.1. The number of aliphatic hydroxyl groups is 1. The Morgan fingerprint density at radius 2 is 1.11 bits per heavy atom. The fourth-order valence-electron chi connectivity index (χ4n) is 17.6. The van der Waals surface area contributed by atoms with Crippen molar-refractivity contribution in [1.29, 1.82) is 0 Å². The lowest BCUT2D eigenvalue weighted by Crippen LogP contribution is -2.53. The molecule has 9 aliphatic rings. The summed E-state index contributed by atoms with van der Waals surface area (Å²) < 4.78 is 64.9. The zero-order chi connectivity index (χ0) is 69.6. The van der Waals surface area contributed by atoms with E-state index in [1.807, 2.05) is 28.0 Å². The van der Waals surface area contributed by atoms with Crippen LogP contribution in [0.4, 0.5) is 50.0 Å². The number of hydrogen-bond acceptors (Lipinski definition) is 14. The number of piperidine rings is 6. The number of rotatable bonds is 12. The quantitative estimate of drug-likeness (QED) is 0.117. The summed E-state index contributed by atoms with van der Waals surface area (Å²) in [6.07, 6.45) is 14.4. The van der Waals surface area contributed by atoms with E-state index in [2.05, 4.69) is 47.7 Å². The van der Waals surface area contributed by atoms with Gasteiger partial charge in [-0.15, -0.1) is 0 Å². The van der Waals surface area contributed by atoms with Crippen LogP contribution in [-0.4, -0.2) is 238 Å². The van der Waals surface area contributed by atoms with E-state index < -0.39 is 18.9 Å². The minimum absolute atomic E-state index is 0.00144. The van der Waals surface area contributed by atoms with Crippen molar-refractivity contribution in [3.63, 3.8) is 0 Å². The van der Waals surface area contributed by atoms with Gasteiger partial charge < -0.3 is 58.7 Å². The van der Waals surface area contributed by atoms with Crippen LogP contribution in [0.3, 0.4) is 0 Å². The highest BCUT2D eigenvalue weighted by atomic mass is 19.1. The van der Waals surface area contributed by atoms with Crippen LogP contribution in [0.25, 0.3) is 11.3 Å². The second-order valence-corrected chi connectivity index (χ2v) is 29.2. The number of aromatic nitrogens is 2. The van der Waals surface area contributed by atoms with E-state index in [0.29, 0.717) is 55.6 Å². The fourth-order valence-corrected chi connectivity index (χ4v) is 17.6. The number of aliphatic hydroxyl groups excluding tert-OH is 1. The molecular formula is C76H100F4N12O7. The van der Waals surface area contributed by atoms with E-state index >= 15 is 0 Å². The van der Waals surface area contributed by atoms with Crippen molar-refractivity contribution in [2.24, 2.45) is 0 Å². The standard InChI is InChI=1S/C29H32FN5O.C24H35FN4O3.C23H33F2N3O3/c1-21(36)35-20-29(24-7-3-5-9-27(24)35)12-16-33(17-13-29)22-10-14-34(15-11-22)28-19-31-18-26(32-28)23-6-2-4-8-25(23)30;1-17(30)14-22(31)28-10-6-19(7-11-28)27-12-8-24(9-13-27)16-29(23(32)26(2)3)21-5-4-18(25)15-20(21)24;1-30-15-13-28-17-23(20-16-18(25)2-3-21(20)28)6-11-26(12-7-23)19-4-9-27(10-5-19)22(29)31-14-8-24/h2-9,18-19,22H,10-17,20H2,1H3;4-5,15,17,19,30H,6-14,16H2,1-3H3;2-3,16,19H,4-15,17H2,1H3/t;17-;/m.0./s1. The smallest absolute Gasteiger partial charge is 0.409 e. The molecule has 0 bridgehead atoms. The first kappa shape index (κ1) is 71.4. The van der Waals surface area contributed by atoms with Crippen molar-refractivity contribution in [2.75, 3.05) is 165 Å². The topological polar surface area (TPSA) is 165 Å². The van der Waals surface area contributed by atoms with Gasteiger partial charge in [0, 0.05) is 151 Å². The molecule has 9 aliphatic heterocycles. The van der Waals surface area contributed by atoms with E-state index in [4.69, 9.17) is 14.5 Å². The molecule has 4 aromatic carbocycles. The molecule has 534 valence electrons. The first-order valence-corrected chi connectivity index (χ1v) is 36.0. The minimum atomic E-state index is -0.645. The largest absolute Gasteiger partial charge is 0.447 e. The van der Waals surface area contributed by atoms with Crippen LogP contribution in [0.2, 0.25) is 0 Å². The molecule has 1 atom stereocenters. The van der Waals surface area contributed by atoms with Crippen molar-refractivity contribution >= 4 is 46.8 Å². The van der Waals surface area contributed by atoms with E-state index in [9.17, 15) is 41.8 Å². The number of halogens is 4. The number of nitrogens with zero attached hydrogens (tertiary/aromatic N) is 12. The SMILES string of the molecule is CC(=O)N1CC2(CCN(C3CCN(c4cncc(-c5ccccc5F)n4)CC3)CC2)c2ccccc21.COCCN1CC2(CCN(C3CCN(C(=O)OCCF)CC3)CC2)c2cc(F)ccc21.C[C@H](O)CC(=O)N1CCC(N2CCC3(CC2)CN(C(=O)N(C)C)c2ccc(F)cc23)CC1. The van der Waals surface area contributed by atoms with Gasteiger partial charge in [-0.2, -0.15) is 0 Å². The summed E-state index contributed by atoms with van der Waals surface area (Å²) in [6, 6.07) is 26.6. The van der Waals surface area contributed by atoms with Gasteiger partial charge in [-0.25, -0.2) is 32.1 Å². The van der Waals surface area contributed by atoms with Crippen LogP contribution in [0.15, 0.2) is 97.3 Å². The van der Waals surface area contributed by atoms with Crippen molar-refractivity contribution in [1.82, 2.24) is 39.4 Å². The Balaban J connectivity index is 0.000000142. The summed E-state index contributed by atoms with van der Waals surface area (Å²) in [6.45, 7) is 16.8. The van der Waals surface area contributed by atoms with Gasteiger partial charge >= 0.3 is 12.1 Å². The highest BCUT2D eigenvalue weighted by Crippen LogP contribution is 2.51. The Labute approximate surface area is 581 Å². The molecule has 1 N–H and O–H groups in total. The summed E-state index contributed by atoms with van der Waals surface area (Å²) in [7, 11) is 5.21. The van der Waals surface area contributed by atoms with Crippen molar-refractivity contribution in [3.8, 4) is 11.3 Å². The Hall–Kier alpha value is -7.44. The molecule has 6 saturated heterocycles. The molecule has 19 nitrogen and oxygen atoms in total. The predicted molar refractivity (Wildman–Crippen MR) is 376 cm³/mol. The third-order valence-corrected chi connectivity index (χ3v) is 23.1. The van der Waals surface area contributed by atoms with Crippen LogP contribution < -0.4 is 19.6 Å². The zero-order valence-electron chi connectivity index (χ0n) is 58.4. The average molecular weight is 1370 g/mol. The number of methoxy groups -OCH3 is 1. The number of benzene rings is 4. The predicted octanol–water partition coefficient (Wildman–Crippen LogP) is 10.3. The first-order chi connectivity index (χ1) is 47.8. The van der Waals surface area contributed by atoms with E-state index in [-0.39, 0.29) is 64.6 Å². The van der Waals surface area contributed by atoms with E-state index in [0.717, 1.165) is 196 Å². The number of anilines is 4. The molecule has 0 aliphatic carbocycles.